The molecule has 0 saturated heterocycles. The first-order valence-electron chi connectivity index (χ1n) is 9.71. The van der Waals surface area contributed by atoms with Crippen LogP contribution in [0.1, 0.15) is 36.5 Å². The highest BCUT2D eigenvalue weighted by molar-refractivity contribution is 5.91. The monoisotopic (exact) mass is 390 g/mol. The molecule has 0 aliphatic rings. The van der Waals surface area contributed by atoms with Crippen molar-refractivity contribution in [3.05, 3.63) is 77.4 Å². The van der Waals surface area contributed by atoms with Crippen LogP contribution in [0.4, 0.5) is 0 Å². The van der Waals surface area contributed by atoms with E-state index >= 15 is 0 Å². The topological polar surface area (TPSA) is 67.4 Å². The summed E-state index contributed by atoms with van der Waals surface area (Å²) in [4.78, 5) is 24.4. The van der Waals surface area contributed by atoms with Crippen LogP contribution in [0.15, 0.2) is 60.7 Å². The Bertz CT molecular complexity index is 1020. The number of aryl methyl sites for hydroxylation is 1. The van der Waals surface area contributed by atoms with Gasteiger partial charge in [-0.2, -0.15) is 0 Å². The minimum absolute atomic E-state index is 0.169. The van der Waals surface area contributed by atoms with Crippen molar-refractivity contribution in [3.63, 3.8) is 0 Å². The van der Waals surface area contributed by atoms with Crippen LogP contribution in [-0.4, -0.2) is 18.4 Å². The van der Waals surface area contributed by atoms with Gasteiger partial charge in [0.05, 0.1) is 6.42 Å². The van der Waals surface area contributed by atoms with Gasteiger partial charge in [0.25, 0.3) is 5.91 Å². The van der Waals surface area contributed by atoms with Crippen LogP contribution in [0.3, 0.4) is 0 Å². The number of nitrogens with one attached hydrogen (secondary N) is 2. The third-order valence-corrected chi connectivity index (χ3v) is 4.72. The van der Waals surface area contributed by atoms with E-state index in [9.17, 15) is 9.59 Å². The molecule has 0 atom stereocenters. The molecule has 0 aliphatic carbocycles. The Morgan fingerprint density at radius 1 is 0.931 bits per heavy atom. The molecular formula is C24H26N2O3. The number of fused-ring (bicyclic) bond motifs is 1. The summed E-state index contributed by atoms with van der Waals surface area (Å²) in [6, 6.07) is 19.7. The van der Waals surface area contributed by atoms with Gasteiger partial charge in [0.1, 0.15) is 5.75 Å². The van der Waals surface area contributed by atoms with E-state index in [1.807, 2.05) is 67.6 Å². The van der Waals surface area contributed by atoms with E-state index in [1.165, 1.54) is 0 Å². The summed E-state index contributed by atoms with van der Waals surface area (Å²) in [6.07, 6.45) is 0.178. The highest BCUT2D eigenvalue weighted by Gasteiger charge is 2.12. The zero-order chi connectivity index (χ0) is 20.8. The molecule has 5 heteroatoms. The smallest absolute Gasteiger partial charge is 0.276 e. The van der Waals surface area contributed by atoms with E-state index in [-0.39, 0.29) is 24.9 Å². The van der Waals surface area contributed by atoms with E-state index in [2.05, 4.69) is 24.7 Å². The van der Waals surface area contributed by atoms with Crippen molar-refractivity contribution in [1.82, 2.24) is 10.9 Å². The minimum Gasteiger partial charge on any atom is -0.483 e. The number of amides is 2. The third-order valence-electron chi connectivity index (χ3n) is 4.72. The number of hydrogen-bond acceptors (Lipinski definition) is 3. The summed E-state index contributed by atoms with van der Waals surface area (Å²) < 4.78 is 5.69. The van der Waals surface area contributed by atoms with Crippen molar-refractivity contribution in [3.8, 4) is 5.75 Å². The molecule has 2 amide bonds. The Morgan fingerprint density at radius 3 is 2.45 bits per heavy atom. The van der Waals surface area contributed by atoms with E-state index < -0.39 is 5.91 Å². The van der Waals surface area contributed by atoms with E-state index in [0.29, 0.717) is 5.75 Å². The second kappa shape index (κ2) is 9.24. The maximum Gasteiger partial charge on any atom is 0.276 e. The molecule has 0 heterocycles. The average Bonchev–Trinajstić information content (AvgIpc) is 2.71. The molecule has 3 aromatic rings. The Balaban J connectivity index is 1.53. The lowest BCUT2D eigenvalue weighted by molar-refractivity contribution is -0.129. The molecule has 29 heavy (non-hydrogen) atoms. The summed E-state index contributed by atoms with van der Waals surface area (Å²) in [7, 11) is 0. The lowest BCUT2D eigenvalue weighted by Gasteiger charge is -2.15. The van der Waals surface area contributed by atoms with Crippen LogP contribution in [0.25, 0.3) is 10.8 Å². The minimum atomic E-state index is -0.410. The zero-order valence-electron chi connectivity index (χ0n) is 17.0. The summed E-state index contributed by atoms with van der Waals surface area (Å²) in [6.45, 7) is 5.96. The standard InChI is InChI=1S/C24H26N2O3/c1-16(2)20-12-11-17(3)13-22(20)29-15-24(28)26-25-23(27)14-19-9-6-8-18-7-4-5-10-21(18)19/h4-13,16H,14-15H2,1-3H3,(H,25,27)(H,26,28). The van der Waals surface area contributed by atoms with Crippen LogP contribution in [-0.2, 0) is 16.0 Å². The molecule has 5 nitrogen and oxygen atoms in total. The van der Waals surface area contributed by atoms with Crippen molar-refractivity contribution in [2.24, 2.45) is 0 Å². The molecule has 0 spiro atoms. The quantitative estimate of drug-likeness (QED) is 0.624. The number of rotatable bonds is 6. The highest BCUT2D eigenvalue weighted by Crippen LogP contribution is 2.27. The Kier molecular flexibility index (Phi) is 6.50. The molecule has 0 aliphatic heterocycles. The van der Waals surface area contributed by atoms with Gasteiger partial charge in [-0.1, -0.05) is 68.4 Å². The number of carbonyl (C=O) groups excluding carboxylic acids is 2. The van der Waals surface area contributed by atoms with Gasteiger partial charge in [0, 0.05) is 0 Å². The van der Waals surface area contributed by atoms with E-state index in [1.54, 1.807) is 0 Å². The predicted molar refractivity (Wildman–Crippen MR) is 115 cm³/mol. The highest BCUT2D eigenvalue weighted by atomic mass is 16.5. The first-order chi connectivity index (χ1) is 13.9. The lowest BCUT2D eigenvalue weighted by atomic mass is 10.0. The Hall–Kier alpha value is -3.34. The second-order valence-electron chi connectivity index (χ2n) is 7.40. The second-order valence-corrected chi connectivity index (χ2v) is 7.40. The van der Waals surface area contributed by atoms with Crippen LogP contribution >= 0.6 is 0 Å². The fourth-order valence-corrected chi connectivity index (χ4v) is 3.23. The van der Waals surface area contributed by atoms with Crippen LogP contribution in [0.5, 0.6) is 5.75 Å². The zero-order valence-corrected chi connectivity index (χ0v) is 17.0. The number of hydrazine groups is 1. The molecule has 0 fully saturated rings. The molecule has 0 saturated carbocycles. The Morgan fingerprint density at radius 2 is 1.66 bits per heavy atom. The maximum atomic E-state index is 12.3. The molecule has 3 aromatic carbocycles. The molecule has 150 valence electrons. The molecule has 3 rings (SSSR count). The largest absolute Gasteiger partial charge is 0.483 e. The average molecular weight is 390 g/mol. The first kappa shape index (κ1) is 20.4. The van der Waals surface area contributed by atoms with Gasteiger partial charge in [0.15, 0.2) is 6.61 Å². The van der Waals surface area contributed by atoms with Crippen molar-refractivity contribution in [1.29, 1.82) is 0 Å². The fraction of sp³-hybridized carbons (Fsp3) is 0.250. The normalized spacial score (nSPS) is 10.8. The Labute approximate surface area is 171 Å². The molecule has 0 bridgehead atoms. The van der Waals surface area contributed by atoms with Crippen molar-refractivity contribution in [2.75, 3.05) is 6.61 Å². The molecule has 0 radical (unpaired) electrons. The predicted octanol–water partition coefficient (Wildman–Crippen LogP) is 4.04. The van der Waals surface area contributed by atoms with E-state index in [4.69, 9.17) is 4.74 Å². The SMILES string of the molecule is Cc1ccc(C(C)C)c(OCC(=O)NNC(=O)Cc2cccc3ccccc23)c1. The summed E-state index contributed by atoms with van der Waals surface area (Å²) in [5.41, 5.74) is 7.90. The molecular weight excluding hydrogens is 364 g/mol. The first-order valence-corrected chi connectivity index (χ1v) is 9.71. The lowest BCUT2D eigenvalue weighted by Crippen LogP contribution is -2.44. The molecule has 0 unspecified atom stereocenters. The number of carbonyl (C=O) groups is 2. The summed E-state index contributed by atoms with van der Waals surface area (Å²) in [5.74, 6) is 0.284. The van der Waals surface area contributed by atoms with Gasteiger partial charge in [-0.05, 0) is 46.4 Å². The van der Waals surface area contributed by atoms with E-state index in [0.717, 1.165) is 27.5 Å². The number of benzene rings is 3. The van der Waals surface area contributed by atoms with Crippen molar-refractivity contribution in [2.45, 2.75) is 33.1 Å². The van der Waals surface area contributed by atoms with Gasteiger partial charge >= 0.3 is 0 Å². The molecule has 2 N–H and O–H groups in total. The van der Waals surface area contributed by atoms with Crippen molar-refractivity contribution >= 4 is 22.6 Å². The third kappa shape index (κ3) is 5.35. The van der Waals surface area contributed by atoms with Crippen molar-refractivity contribution < 1.29 is 14.3 Å². The number of hydrogen-bond donors (Lipinski definition) is 2. The van der Waals surface area contributed by atoms with Gasteiger partial charge in [-0.3, -0.25) is 20.4 Å². The number of ether oxygens (including phenoxy) is 1. The van der Waals surface area contributed by atoms with Crippen LogP contribution in [0, 0.1) is 6.92 Å². The van der Waals surface area contributed by atoms with Gasteiger partial charge in [-0.15, -0.1) is 0 Å². The summed E-state index contributed by atoms with van der Waals surface area (Å²) >= 11 is 0. The van der Waals surface area contributed by atoms with Crippen LogP contribution in [0.2, 0.25) is 0 Å². The maximum absolute atomic E-state index is 12.3. The van der Waals surface area contributed by atoms with Gasteiger partial charge < -0.3 is 4.74 Å². The van der Waals surface area contributed by atoms with Crippen LogP contribution < -0.4 is 15.6 Å². The van der Waals surface area contributed by atoms with Gasteiger partial charge in [0.2, 0.25) is 5.91 Å². The van der Waals surface area contributed by atoms with Gasteiger partial charge in [-0.25, -0.2) is 0 Å². The summed E-state index contributed by atoms with van der Waals surface area (Å²) in [5, 5.41) is 2.11. The molecule has 0 aromatic heterocycles. The fourth-order valence-electron chi connectivity index (χ4n) is 3.23.